The fourth-order valence-corrected chi connectivity index (χ4v) is 3.81. The number of alkyl halides is 7. The van der Waals surface area contributed by atoms with Crippen LogP contribution in [0, 0.1) is 5.82 Å². The third-order valence-corrected chi connectivity index (χ3v) is 5.40. The van der Waals surface area contributed by atoms with Gasteiger partial charge in [-0.2, -0.15) is 30.7 Å². The molecule has 0 N–H and O–H groups in total. The van der Waals surface area contributed by atoms with Gasteiger partial charge in [0, 0.05) is 18.8 Å². The average molecular weight is 517 g/mol. The molecule has 0 bridgehead atoms. The molecule has 4 rings (SSSR count). The van der Waals surface area contributed by atoms with Crippen LogP contribution in [0.3, 0.4) is 0 Å². The third kappa shape index (κ3) is 7.60. The molecule has 0 aliphatic carbocycles. The molecule has 0 saturated carbocycles. The standard InChI is InChI=1S/C18H17F4N.C8H6F4O/c19-14-5-1-4-13(12-14)15-6-2-8-17-16(15)7-3-10-23(17)11-9-18(20,21)22;9-7(10)8(11,12)13-6-4-2-1-3-5-6/h1-2,4-6,8,12H,3,7,9-11H2;1-5,7H. The number of rotatable bonds is 6. The van der Waals surface area contributed by atoms with E-state index in [1.165, 1.54) is 36.4 Å². The molecule has 36 heavy (non-hydrogen) atoms. The van der Waals surface area contributed by atoms with Gasteiger partial charge in [-0.05, 0) is 59.9 Å². The summed E-state index contributed by atoms with van der Waals surface area (Å²) >= 11 is 0. The van der Waals surface area contributed by atoms with Crippen LogP contribution >= 0.6 is 0 Å². The zero-order chi connectivity index (χ0) is 26.3. The Morgan fingerprint density at radius 1 is 0.861 bits per heavy atom. The highest BCUT2D eigenvalue weighted by Crippen LogP contribution is 2.36. The fraction of sp³-hybridized carbons (Fsp3) is 0.308. The highest BCUT2D eigenvalue weighted by molar-refractivity contribution is 5.75. The van der Waals surface area contributed by atoms with Gasteiger partial charge in [-0.15, -0.1) is 0 Å². The zero-order valence-corrected chi connectivity index (χ0v) is 18.9. The molecule has 10 heteroatoms. The van der Waals surface area contributed by atoms with E-state index in [2.05, 4.69) is 4.74 Å². The van der Waals surface area contributed by atoms with Crippen molar-refractivity contribution < 1.29 is 39.9 Å². The van der Waals surface area contributed by atoms with Gasteiger partial charge in [-0.1, -0.05) is 42.5 Å². The third-order valence-electron chi connectivity index (χ3n) is 5.40. The van der Waals surface area contributed by atoms with Crippen molar-refractivity contribution in [1.82, 2.24) is 0 Å². The van der Waals surface area contributed by atoms with Gasteiger partial charge in [0.05, 0.1) is 6.42 Å². The van der Waals surface area contributed by atoms with Crippen LogP contribution in [-0.2, 0) is 6.42 Å². The van der Waals surface area contributed by atoms with Crippen LogP contribution in [0.2, 0.25) is 0 Å². The van der Waals surface area contributed by atoms with Crippen molar-refractivity contribution in [2.24, 2.45) is 0 Å². The maximum Gasteiger partial charge on any atom is 0.461 e. The Morgan fingerprint density at radius 2 is 1.56 bits per heavy atom. The monoisotopic (exact) mass is 517 g/mol. The van der Waals surface area contributed by atoms with Crippen LogP contribution in [0.15, 0.2) is 72.8 Å². The summed E-state index contributed by atoms with van der Waals surface area (Å²) in [5.74, 6) is -0.599. The molecule has 0 fully saturated rings. The summed E-state index contributed by atoms with van der Waals surface area (Å²) in [6.45, 7) is 0.582. The largest absolute Gasteiger partial charge is 0.461 e. The summed E-state index contributed by atoms with van der Waals surface area (Å²) in [6.07, 6.45) is -11.6. The molecule has 0 saturated heterocycles. The van der Waals surface area contributed by atoms with E-state index in [1.807, 2.05) is 24.3 Å². The van der Waals surface area contributed by atoms with Gasteiger partial charge in [-0.25, -0.2) is 4.39 Å². The maximum atomic E-state index is 13.5. The lowest BCUT2D eigenvalue weighted by molar-refractivity contribution is -0.253. The van der Waals surface area contributed by atoms with Crippen molar-refractivity contribution in [2.45, 2.75) is 38.0 Å². The Balaban J connectivity index is 0.000000236. The van der Waals surface area contributed by atoms with Gasteiger partial charge in [0.1, 0.15) is 11.6 Å². The van der Waals surface area contributed by atoms with Crippen LogP contribution in [0.5, 0.6) is 5.75 Å². The Hall–Kier alpha value is -3.30. The summed E-state index contributed by atoms with van der Waals surface area (Å²) in [5.41, 5.74) is 3.51. The Morgan fingerprint density at radius 3 is 2.19 bits per heavy atom. The van der Waals surface area contributed by atoms with E-state index in [0.717, 1.165) is 35.2 Å². The first-order valence-electron chi connectivity index (χ1n) is 11.1. The second-order valence-electron chi connectivity index (χ2n) is 8.05. The average Bonchev–Trinajstić information content (AvgIpc) is 2.82. The summed E-state index contributed by atoms with van der Waals surface area (Å²) < 4.78 is 103. The van der Waals surface area contributed by atoms with E-state index in [-0.39, 0.29) is 18.1 Å². The molecule has 0 aromatic heterocycles. The number of nitrogens with zero attached hydrogens (tertiary/aromatic N) is 1. The summed E-state index contributed by atoms with van der Waals surface area (Å²) in [4.78, 5) is 1.79. The first-order chi connectivity index (χ1) is 17.0. The molecule has 0 atom stereocenters. The molecule has 3 aromatic carbocycles. The predicted octanol–water partition coefficient (Wildman–Crippen LogP) is 8.12. The van der Waals surface area contributed by atoms with E-state index in [1.54, 1.807) is 17.0 Å². The molecule has 0 spiro atoms. The molecule has 0 unspecified atom stereocenters. The number of fused-ring (bicyclic) bond motifs is 1. The lowest BCUT2D eigenvalue weighted by Crippen LogP contribution is -2.33. The topological polar surface area (TPSA) is 12.5 Å². The molecule has 3 aromatic rings. The minimum absolute atomic E-state index is 0.0386. The van der Waals surface area contributed by atoms with Gasteiger partial charge in [0.2, 0.25) is 0 Å². The van der Waals surface area contributed by atoms with Crippen molar-refractivity contribution in [2.75, 3.05) is 18.0 Å². The second kappa shape index (κ2) is 11.6. The highest BCUT2D eigenvalue weighted by atomic mass is 19.4. The quantitative estimate of drug-likeness (QED) is 0.306. The summed E-state index contributed by atoms with van der Waals surface area (Å²) in [5, 5.41) is 0. The molecule has 0 radical (unpaired) electrons. The molecule has 2 nitrogen and oxygen atoms in total. The van der Waals surface area contributed by atoms with Crippen LogP contribution in [-0.4, -0.2) is 31.8 Å². The van der Waals surface area contributed by atoms with Crippen LogP contribution in [0.1, 0.15) is 18.4 Å². The van der Waals surface area contributed by atoms with E-state index < -0.39 is 25.1 Å². The predicted molar refractivity (Wildman–Crippen MR) is 121 cm³/mol. The van der Waals surface area contributed by atoms with Crippen LogP contribution in [0.4, 0.5) is 40.8 Å². The molecular formula is C26H23F8NO. The van der Waals surface area contributed by atoms with Gasteiger partial charge < -0.3 is 9.64 Å². The fourth-order valence-electron chi connectivity index (χ4n) is 3.81. The Labute approximate surface area is 203 Å². The SMILES string of the molecule is FC(F)C(F)(F)Oc1ccccc1.Fc1cccc(-c2cccc3c2CCCN3CCC(F)(F)F)c1. The molecule has 0 amide bonds. The van der Waals surface area contributed by atoms with E-state index in [4.69, 9.17) is 0 Å². The molecule has 1 heterocycles. The molecular weight excluding hydrogens is 494 g/mol. The number of anilines is 1. The number of hydrogen-bond acceptors (Lipinski definition) is 2. The first-order valence-corrected chi connectivity index (χ1v) is 11.1. The van der Waals surface area contributed by atoms with E-state index in [0.29, 0.717) is 6.54 Å². The second-order valence-corrected chi connectivity index (χ2v) is 8.05. The smallest absolute Gasteiger partial charge is 0.428 e. The molecule has 1 aliphatic heterocycles. The number of benzene rings is 3. The number of halogens is 8. The minimum atomic E-state index is -4.43. The summed E-state index contributed by atoms with van der Waals surface area (Å²) in [7, 11) is 0. The van der Waals surface area contributed by atoms with Crippen molar-refractivity contribution in [1.29, 1.82) is 0 Å². The Kier molecular flexibility index (Phi) is 8.81. The van der Waals surface area contributed by atoms with Crippen LogP contribution < -0.4 is 9.64 Å². The highest BCUT2D eigenvalue weighted by Gasteiger charge is 2.43. The minimum Gasteiger partial charge on any atom is -0.428 e. The lowest BCUT2D eigenvalue weighted by atomic mass is 9.92. The van der Waals surface area contributed by atoms with E-state index in [9.17, 15) is 35.1 Å². The van der Waals surface area contributed by atoms with Crippen LogP contribution in [0.25, 0.3) is 11.1 Å². The number of ether oxygens (including phenoxy) is 1. The van der Waals surface area contributed by atoms with Crippen molar-refractivity contribution >= 4 is 5.69 Å². The zero-order valence-electron chi connectivity index (χ0n) is 18.9. The van der Waals surface area contributed by atoms with Crippen molar-refractivity contribution in [3.05, 3.63) is 84.2 Å². The summed E-state index contributed by atoms with van der Waals surface area (Å²) in [6, 6.07) is 18.6. The lowest BCUT2D eigenvalue weighted by Gasteiger charge is -2.33. The Bertz CT molecular complexity index is 1120. The van der Waals surface area contributed by atoms with Gasteiger partial charge in [0.15, 0.2) is 0 Å². The van der Waals surface area contributed by atoms with Gasteiger partial charge in [0.25, 0.3) is 0 Å². The first kappa shape index (κ1) is 27.3. The molecule has 1 aliphatic rings. The normalized spacial score (nSPS) is 13.6. The van der Waals surface area contributed by atoms with Crippen molar-refractivity contribution in [3.63, 3.8) is 0 Å². The van der Waals surface area contributed by atoms with Gasteiger partial charge >= 0.3 is 18.7 Å². The number of hydrogen-bond donors (Lipinski definition) is 0. The number of para-hydroxylation sites is 1. The van der Waals surface area contributed by atoms with Gasteiger partial charge in [-0.3, -0.25) is 0 Å². The van der Waals surface area contributed by atoms with E-state index >= 15 is 0 Å². The maximum absolute atomic E-state index is 13.5. The molecule has 194 valence electrons. The van der Waals surface area contributed by atoms with Crippen molar-refractivity contribution in [3.8, 4) is 16.9 Å².